The van der Waals surface area contributed by atoms with Gasteiger partial charge in [-0.05, 0) is 38.4 Å². The normalized spacial score (nSPS) is 23.2. The third-order valence-electron chi connectivity index (χ3n) is 3.33. The summed E-state index contributed by atoms with van der Waals surface area (Å²) in [7, 11) is 1.64. The van der Waals surface area contributed by atoms with Crippen molar-refractivity contribution in [1.29, 1.82) is 5.26 Å². The Bertz CT molecular complexity index is 453. The Morgan fingerprint density at radius 1 is 1.50 bits per heavy atom. The van der Waals surface area contributed by atoms with Crippen molar-refractivity contribution in [3.63, 3.8) is 0 Å². The minimum atomic E-state index is 0.417. The Morgan fingerprint density at radius 3 is 3.00 bits per heavy atom. The van der Waals surface area contributed by atoms with Crippen LogP contribution in [-0.4, -0.2) is 25.7 Å². The van der Waals surface area contributed by atoms with Crippen molar-refractivity contribution in [3.8, 4) is 11.8 Å². The number of ether oxygens (including phenoxy) is 1. The molecule has 1 heterocycles. The molecule has 2 rings (SSSR count). The van der Waals surface area contributed by atoms with Crippen molar-refractivity contribution in [2.45, 2.75) is 31.8 Å². The molecule has 2 unspecified atom stereocenters. The second-order valence-corrected chi connectivity index (χ2v) is 4.74. The third-order valence-corrected chi connectivity index (χ3v) is 3.33. The van der Waals surface area contributed by atoms with Crippen LogP contribution in [0.3, 0.4) is 0 Å². The number of piperidine rings is 1. The first-order valence-electron chi connectivity index (χ1n) is 6.31. The van der Waals surface area contributed by atoms with E-state index in [1.165, 1.54) is 0 Å². The number of nitriles is 1. The molecule has 0 spiro atoms. The number of rotatable bonds is 3. The second kappa shape index (κ2) is 5.74. The maximum Gasteiger partial charge on any atom is 0.121 e. The highest BCUT2D eigenvalue weighted by molar-refractivity contribution is 5.60. The van der Waals surface area contributed by atoms with Gasteiger partial charge in [-0.25, -0.2) is 0 Å². The molecule has 4 nitrogen and oxygen atoms in total. The Morgan fingerprint density at radius 2 is 2.33 bits per heavy atom. The van der Waals surface area contributed by atoms with Crippen molar-refractivity contribution in [2.24, 2.45) is 0 Å². The van der Waals surface area contributed by atoms with Gasteiger partial charge in [0.05, 0.1) is 18.4 Å². The molecule has 4 heteroatoms. The van der Waals surface area contributed by atoms with E-state index in [1.54, 1.807) is 13.2 Å². The predicted octanol–water partition coefficient (Wildman–Crippen LogP) is 2.12. The van der Waals surface area contributed by atoms with Gasteiger partial charge in [0, 0.05) is 18.2 Å². The molecule has 0 bridgehead atoms. The Kier molecular flexibility index (Phi) is 4.06. The van der Waals surface area contributed by atoms with E-state index in [2.05, 4.69) is 23.6 Å². The molecule has 1 saturated heterocycles. The lowest BCUT2D eigenvalue weighted by Crippen LogP contribution is -2.41. The molecule has 1 aromatic carbocycles. The summed E-state index contributed by atoms with van der Waals surface area (Å²) in [5, 5.41) is 16.0. The first-order valence-corrected chi connectivity index (χ1v) is 6.31. The van der Waals surface area contributed by atoms with Crippen LogP contribution in [0.5, 0.6) is 5.75 Å². The molecule has 2 atom stereocenters. The van der Waals surface area contributed by atoms with Gasteiger partial charge in [-0.3, -0.25) is 0 Å². The second-order valence-electron chi connectivity index (χ2n) is 4.74. The quantitative estimate of drug-likeness (QED) is 0.856. The summed E-state index contributed by atoms with van der Waals surface area (Å²) in [5.41, 5.74) is 1.54. The van der Waals surface area contributed by atoms with Crippen LogP contribution < -0.4 is 15.4 Å². The topological polar surface area (TPSA) is 57.1 Å². The predicted molar refractivity (Wildman–Crippen MR) is 71.8 cm³/mol. The zero-order valence-electron chi connectivity index (χ0n) is 10.9. The fourth-order valence-corrected chi connectivity index (χ4v) is 2.35. The molecule has 18 heavy (non-hydrogen) atoms. The van der Waals surface area contributed by atoms with E-state index in [1.807, 2.05) is 12.1 Å². The number of nitrogens with one attached hydrogen (secondary N) is 2. The average molecular weight is 245 g/mol. The summed E-state index contributed by atoms with van der Waals surface area (Å²) >= 11 is 0. The molecule has 1 aliphatic rings. The van der Waals surface area contributed by atoms with E-state index in [-0.39, 0.29) is 0 Å². The first kappa shape index (κ1) is 12.7. The molecule has 1 aromatic rings. The minimum Gasteiger partial charge on any atom is -0.497 e. The monoisotopic (exact) mass is 245 g/mol. The highest BCUT2D eigenvalue weighted by Crippen LogP contribution is 2.24. The highest BCUT2D eigenvalue weighted by atomic mass is 16.5. The summed E-state index contributed by atoms with van der Waals surface area (Å²) in [6, 6.07) is 8.66. The summed E-state index contributed by atoms with van der Waals surface area (Å²) in [4.78, 5) is 0. The number of nitrogens with zero attached hydrogens (tertiary/aromatic N) is 1. The number of benzene rings is 1. The zero-order valence-corrected chi connectivity index (χ0v) is 10.9. The molecule has 0 radical (unpaired) electrons. The van der Waals surface area contributed by atoms with Crippen molar-refractivity contribution < 1.29 is 4.74 Å². The van der Waals surface area contributed by atoms with Crippen LogP contribution in [0.2, 0.25) is 0 Å². The van der Waals surface area contributed by atoms with Gasteiger partial charge in [0.2, 0.25) is 0 Å². The van der Waals surface area contributed by atoms with Gasteiger partial charge in [-0.2, -0.15) is 5.26 Å². The van der Waals surface area contributed by atoms with Crippen LogP contribution in [0.1, 0.15) is 25.3 Å². The lowest BCUT2D eigenvalue weighted by Gasteiger charge is -2.29. The molecule has 2 N–H and O–H groups in total. The van der Waals surface area contributed by atoms with Crippen molar-refractivity contribution in [2.75, 3.05) is 19.0 Å². The van der Waals surface area contributed by atoms with E-state index in [4.69, 9.17) is 10.00 Å². The van der Waals surface area contributed by atoms with Gasteiger partial charge < -0.3 is 15.4 Å². The number of hydrogen-bond acceptors (Lipinski definition) is 4. The number of methoxy groups -OCH3 is 1. The Hall–Kier alpha value is -1.73. The van der Waals surface area contributed by atoms with Crippen LogP contribution in [0.25, 0.3) is 0 Å². The number of anilines is 1. The molecule has 1 fully saturated rings. The third kappa shape index (κ3) is 2.93. The Balaban J connectivity index is 2.14. The number of hydrogen-bond donors (Lipinski definition) is 2. The summed E-state index contributed by atoms with van der Waals surface area (Å²) in [5.74, 6) is 0.776. The Labute approximate surface area is 108 Å². The van der Waals surface area contributed by atoms with Crippen LogP contribution in [0.15, 0.2) is 18.2 Å². The lowest BCUT2D eigenvalue weighted by molar-refractivity contribution is 0.395. The van der Waals surface area contributed by atoms with Crippen LogP contribution in [0.4, 0.5) is 5.69 Å². The molecule has 0 aliphatic carbocycles. The lowest BCUT2D eigenvalue weighted by atomic mass is 10.00. The van der Waals surface area contributed by atoms with E-state index in [0.29, 0.717) is 17.6 Å². The summed E-state index contributed by atoms with van der Waals surface area (Å²) in [6.07, 6.45) is 2.15. The van der Waals surface area contributed by atoms with Crippen LogP contribution >= 0.6 is 0 Å². The van der Waals surface area contributed by atoms with Crippen molar-refractivity contribution in [1.82, 2.24) is 5.32 Å². The van der Waals surface area contributed by atoms with E-state index in [0.717, 1.165) is 30.8 Å². The van der Waals surface area contributed by atoms with Crippen LogP contribution in [0, 0.1) is 11.3 Å². The molecule has 96 valence electrons. The van der Waals surface area contributed by atoms with Crippen molar-refractivity contribution >= 4 is 5.69 Å². The SMILES string of the molecule is COc1ccc(C#N)c(NC2CCNC(C)C2)c1. The molecule has 0 amide bonds. The first-order chi connectivity index (χ1) is 8.72. The maximum absolute atomic E-state index is 9.12. The van der Waals surface area contributed by atoms with Crippen LogP contribution in [-0.2, 0) is 0 Å². The molecule has 1 aliphatic heterocycles. The molecule has 0 aromatic heterocycles. The van der Waals surface area contributed by atoms with E-state index >= 15 is 0 Å². The fourth-order valence-electron chi connectivity index (χ4n) is 2.35. The van der Waals surface area contributed by atoms with Gasteiger partial charge in [-0.1, -0.05) is 0 Å². The fraction of sp³-hybridized carbons (Fsp3) is 0.500. The van der Waals surface area contributed by atoms with Gasteiger partial charge >= 0.3 is 0 Å². The zero-order chi connectivity index (χ0) is 13.0. The molecular weight excluding hydrogens is 226 g/mol. The van der Waals surface area contributed by atoms with E-state index in [9.17, 15) is 0 Å². The average Bonchev–Trinajstić information content (AvgIpc) is 2.38. The summed E-state index contributed by atoms with van der Waals surface area (Å²) in [6.45, 7) is 3.20. The maximum atomic E-state index is 9.12. The smallest absolute Gasteiger partial charge is 0.121 e. The van der Waals surface area contributed by atoms with Gasteiger partial charge in [0.1, 0.15) is 11.8 Å². The van der Waals surface area contributed by atoms with Gasteiger partial charge in [0.15, 0.2) is 0 Å². The van der Waals surface area contributed by atoms with Gasteiger partial charge in [-0.15, -0.1) is 0 Å². The largest absolute Gasteiger partial charge is 0.497 e. The molecule has 0 saturated carbocycles. The van der Waals surface area contributed by atoms with Gasteiger partial charge in [0.25, 0.3) is 0 Å². The summed E-state index contributed by atoms with van der Waals surface area (Å²) < 4.78 is 5.20. The standard InChI is InChI=1S/C14H19N3O/c1-10-7-12(5-6-16-10)17-14-8-13(18-2)4-3-11(14)9-15/h3-4,8,10,12,16-17H,5-7H2,1-2H3. The van der Waals surface area contributed by atoms with E-state index < -0.39 is 0 Å². The van der Waals surface area contributed by atoms with Crippen molar-refractivity contribution in [3.05, 3.63) is 23.8 Å². The minimum absolute atomic E-state index is 0.417. The molecular formula is C14H19N3O. The highest BCUT2D eigenvalue weighted by Gasteiger charge is 2.19.